The Morgan fingerprint density at radius 2 is 1.90 bits per heavy atom. The van der Waals surface area contributed by atoms with Gasteiger partial charge in [-0.15, -0.1) is 0 Å². The SMILES string of the molecule is CC(C)(C(Cc1cc(F)ccc1F)NN)N1CCCCC1. The van der Waals surface area contributed by atoms with Crippen LogP contribution in [0.1, 0.15) is 38.7 Å². The Labute approximate surface area is 125 Å². The summed E-state index contributed by atoms with van der Waals surface area (Å²) in [5.41, 5.74) is 2.95. The van der Waals surface area contributed by atoms with Crippen molar-refractivity contribution in [1.29, 1.82) is 0 Å². The van der Waals surface area contributed by atoms with Gasteiger partial charge in [0.1, 0.15) is 11.6 Å². The number of nitrogens with one attached hydrogen (secondary N) is 1. The Morgan fingerprint density at radius 1 is 1.24 bits per heavy atom. The molecule has 1 fully saturated rings. The number of nitrogens with zero attached hydrogens (tertiary/aromatic N) is 1. The minimum absolute atomic E-state index is 0.146. The maximum Gasteiger partial charge on any atom is 0.126 e. The topological polar surface area (TPSA) is 41.3 Å². The molecule has 5 heteroatoms. The third kappa shape index (κ3) is 3.78. The van der Waals surface area contributed by atoms with Crippen molar-refractivity contribution in [3.8, 4) is 0 Å². The van der Waals surface area contributed by atoms with Crippen LogP contribution in [0, 0.1) is 11.6 Å². The fourth-order valence-electron chi connectivity index (χ4n) is 3.12. The van der Waals surface area contributed by atoms with Crippen LogP contribution in [0.2, 0.25) is 0 Å². The second-order valence-corrected chi connectivity index (χ2v) is 6.36. The molecule has 2 rings (SSSR count). The van der Waals surface area contributed by atoms with Crippen molar-refractivity contribution >= 4 is 0 Å². The van der Waals surface area contributed by atoms with Crippen molar-refractivity contribution < 1.29 is 8.78 Å². The van der Waals surface area contributed by atoms with E-state index >= 15 is 0 Å². The molecule has 118 valence electrons. The molecule has 1 heterocycles. The molecule has 1 atom stereocenters. The van der Waals surface area contributed by atoms with Crippen LogP contribution in [0.4, 0.5) is 8.78 Å². The summed E-state index contributed by atoms with van der Waals surface area (Å²) in [6, 6.07) is 3.42. The Kier molecular flexibility index (Phi) is 5.30. The summed E-state index contributed by atoms with van der Waals surface area (Å²) < 4.78 is 27.2. The quantitative estimate of drug-likeness (QED) is 0.648. The Morgan fingerprint density at radius 3 is 2.52 bits per heavy atom. The van der Waals surface area contributed by atoms with Gasteiger partial charge in [0, 0.05) is 11.6 Å². The number of hydrogen-bond donors (Lipinski definition) is 2. The summed E-state index contributed by atoms with van der Waals surface area (Å²) in [6.45, 7) is 6.27. The lowest BCUT2D eigenvalue weighted by Crippen LogP contribution is -2.61. The van der Waals surface area contributed by atoms with Crippen molar-refractivity contribution in [2.24, 2.45) is 5.84 Å². The van der Waals surface area contributed by atoms with E-state index in [-0.39, 0.29) is 17.4 Å². The van der Waals surface area contributed by atoms with Crippen molar-refractivity contribution in [3.05, 3.63) is 35.4 Å². The molecule has 1 unspecified atom stereocenters. The molecule has 3 nitrogen and oxygen atoms in total. The first-order chi connectivity index (χ1) is 9.95. The zero-order valence-electron chi connectivity index (χ0n) is 12.8. The van der Waals surface area contributed by atoms with Crippen LogP contribution in [0.5, 0.6) is 0 Å². The van der Waals surface area contributed by atoms with Crippen LogP contribution in [0.3, 0.4) is 0 Å². The summed E-state index contributed by atoms with van der Waals surface area (Å²) in [5.74, 6) is 4.91. The van der Waals surface area contributed by atoms with Gasteiger partial charge in [0.05, 0.1) is 0 Å². The summed E-state index contributed by atoms with van der Waals surface area (Å²) in [7, 11) is 0. The number of halogens is 2. The summed E-state index contributed by atoms with van der Waals surface area (Å²) in [4.78, 5) is 2.39. The number of piperidine rings is 1. The second-order valence-electron chi connectivity index (χ2n) is 6.36. The van der Waals surface area contributed by atoms with Gasteiger partial charge in [0.2, 0.25) is 0 Å². The van der Waals surface area contributed by atoms with Crippen molar-refractivity contribution in [3.63, 3.8) is 0 Å². The number of hydrogen-bond acceptors (Lipinski definition) is 3. The second kappa shape index (κ2) is 6.81. The van der Waals surface area contributed by atoms with Crippen LogP contribution in [-0.2, 0) is 6.42 Å². The molecule has 3 N–H and O–H groups in total. The van der Waals surface area contributed by atoms with Crippen molar-refractivity contribution in [1.82, 2.24) is 10.3 Å². The molecule has 0 radical (unpaired) electrons. The molecule has 0 spiro atoms. The maximum atomic E-state index is 13.8. The van der Waals surface area contributed by atoms with E-state index in [1.54, 1.807) is 0 Å². The third-order valence-electron chi connectivity index (χ3n) is 4.66. The van der Waals surface area contributed by atoms with Crippen LogP contribution in [0.15, 0.2) is 18.2 Å². The van der Waals surface area contributed by atoms with Crippen LogP contribution in [-0.4, -0.2) is 29.6 Å². The number of benzene rings is 1. The van der Waals surface area contributed by atoms with Gasteiger partial charge in [0.15, 0.2) is 0 Å². The van der Waals surface area contributed by atoms with Gasteiger partial charge >= 0.3 is 0 Å². The molecule has 21 heavy (non-hydrogen) atoms. The van der Waals surface area contributed by atoms with Gasteiger partial charge in [-0.05, 0) is 70.0 Å². The van der Waals surface area contributed by atoms with E-state index in [1.807, 2.05) is 0 Å². The first-order valence-corrected chi connectivity index (χ1v) is 7.60. The third-order valence-corrected chi connectivity index (χ3v) is 4.66. The first kappa shape index (κ1) is 16.3. The van der Waals surface area contributed by atoms with E-state index in [9.17, 15) is 8.78 Å². The van der Waals surface area contributed by atoms with E-state index in [1.165, 1.54) is 31.4 Å². The molecular formula is C16H25F2N3. The number of likely N-dealkylation sites (tertiary alicyclic amines) is 1. The fourth-order valence-corrected chi connectivity index (χ4v) is 3.12. The molecule has 1 saturated heterocycles. The molecule has 0 aromatic heterocycles. The highest BCUT2D eigenvalue weighted by Gasteiger charge is 2.35. The van der Waals surface area contributed by atoms with Crippen molar-refractivity contribution in [2.45, 2.75) is 51.1 Å². The molecule has 1 aromatic rings. The van der Waals surface area contributed by atoms with Gasteiger partial charge in [-0.3, -0.25) is 16.2 Å². The zero-order chi connectivity index (χ0) is 15.5. The monoisotopic (exact) mass is 297 g/mol. The van der Waals surface area contributed by atoms with Gasteiger partial charge in [-0.25, -0.2) is 8.78 Å². The van der Waals surface area contributed by atoms with E-state index in [0.717, 1.165) is 19.2 Å². The van der Waals surface area contributed by atoms with Crippen LogP contribution < -0.4 is 11.3 Å². The van der Waals surface area contributed by atoms with Crippen molar-refractivity contribution in [2.75, 3.05) is 13.1 Å². The molecule has 1 aliphatic heterocycles. The summed E-state index contributed by atoms with van der Waals surface area (Å²) in [5, 5.41) is 0. The highest BCUT2D eigenvalue weighted by Crippen LogP contribution is 2.26. The van der Waals surface area contributed by atoms with E-state index in [4.69, 9.17) is 5.84 Å². The molecule has 1 aromatic carbocycles. The molecular weight excluding hydrogens is 272 g/mol. The Hall–Kier alpha value is -1.04. The predicted octanol–water partition coefficient (Wildman–Crippen LogP) is 2.60. The highest BCUT2D eigenvalue weighted by atomic mass is 19.1. The van der Waals surface area contributed by atoms with Gasteiger partial charge < -0.3 is 0 Å². The predicted molar refractivity (Wildman–Crippen MR) is 80.7 cm³/mol. The lowest BCUT2D eigenvalue weighted by molar-refractivity contribution is 0.0608. The molecule has 0 bridgehead atoms. The van der Waals surface area contributed by atoms with E-state index < -0.39 is 5.82 Å². The molecule has 1 aliphatic rings. The summed E-state index contributed by atoms with van der Waals surface area (Å²) >= 11 is 0. The smallest absolute Gasteiger partial charge is 0.126 e. The molecule has 0 saturated carbocycles. The maximum absolute atomic E-state index is 13.8. The normalized spacial score (nSPS) is 18.7. The fraction of sp³-hybridized carbons (Fsp3) is 0.625. The average molecular weight is 297 g/mol. The number of nitrogens with two attached hydrogens (primary N) is 1. The van der Waals surface area contributed by atoms with Crippen LogP contribution in [0.25, 0.3) is 0 Å². The first-order valence-electron chi connectivity index (χ1n) is 7.60. The van der Waals surface area contributed by atoms with Crippen LogP contribution >= 0.6 is 0 Å². The number of rotatable bonds is 5. The number of hydrazine groups is 1. The Bertz CT molecular complexity index is 471. The van der Waals surface area contributed by atoms with E-state index in [0.29, 0.717) is 12.0 Å². The standard InChI is InChI=1S/C16H25F2N3/c1-16(2,21-8-4-3-5-9-21)15(20-19)11-12-10-13(17)6-7-14(12)18/h6-7,10,15,20H,3-5,8-9,11,19H2,1-2H3. The minimum Gasteiger partial charge on any atom is -0.297 e. The molecule has 0 aliphatic carbocycles. The summed E-state index contributed by atoms with van der Waals surface area (Å²) in [6.07, 6.45) is 3.97. The van der Waals surface area contributed by atoms with Gasteiger partial charge in [-0.1, -0.05) is 6.42 Å². The average Bonchev–Trinajstić information content (AvgIpc) is 2.48. The minimum atomic E-state index is -0.419. The highest BCUT2D eigenvalue weighted by molar-refractivity contribution is 5.21. The van der Waals surface area contributed by atoms with E-state index in [2.05, 4.69) is 24.2 Å². The largest absolute Gasteiger partial charge is 0.297 e. The Balaban J connectivity index is 2.16. The van der Waals surface area contributed by atoms with Gasteiger partial charge in [-0.2, -0.15) is 0 Å². The zero-order valence-corrected chi connectivity index (χ0v) is 12.8. The lowest BCUT2D eigenvalue weighted by atomic mass is 9.86. The molecule has 0 amide bonds. The van der Waals surface area contributed by atoms with Gasteiger partial charge in [0.25, 0.3) is 0 Å². The lowest BCUT2D eigenvalue weighted by Gasteiger charge is -2.45.